The van der Waals surface area contributed by atoms with Crippen molar-refractivity contribution in [2.75, 3.05) is 0 Å². The lowest BCUT2D eigenvalue weighted by Gasteiger charge is -2.04. The number of non-ortho nitro benzene ring substituents is 1. The topological polar surface area (TPSA) is 80.8 Å². The SMILES string of the molecule is O=[N+]([O-])c1ccc(C=NCc2sc(-c3ccccc3)nc2N=C=C(c2ccccc2)c2ccccc2)cc1. The maximum atomic E-state index is 10.9. The molecule has 0 saturated heterocycles. The van der Waals surface area contributed by atoms with Crippen LogP contribution >= 0.6 is 11.3 Å². The van der Waals surface area contributed by atoms with Gasteiger partial charge in [0.2, 0.25) is 0 Å². The van der Waals surface area contributed by atoms with E-state index in [1.807, 2.05) is 91.0 Å². The van der Waals surface area contributed by atoms with Gasteiger partial charge in [-0.1, -0.05) is 91.0 Å². The third-order valence-corrected chi connectivity index (χ3v) is 6.75. The van der Waals surface area contributed by atoms with Gasteiger partial charge >= 0.3 is 0 Å². The van der Waals surface area contributed by atoms with Gasteiger partial charge < -0.3 is 0 Å². The highest BCUT2D eigenvalue weighted by Gasteiger charge is 2.12. The summed E-state index contributed by atoms with van der Waals surface area (Å²) < 4.78 is 0. The maximum absolute atomic E-state index is 10.9. The minimum atomic E-state index is -0.416. The molecule has 0 aliphatic heterocycles. The van der Waals surface area contributed by atoms with E-state index in [2.05, 4.69) is 10.9 Å². The molecule has 0 amide bonds. The van der Waals surface area contributed by atoms with Crippen LogP contribution in [0.4, 0.5) is 11.5 Å². The molecule has 0 spiro atoms. The van der Waals surface area contributed by atoms with E-state index in [9.17, 15) is 10.1 Å². The first-order valence-corrected chi connectivity index (χ1v) is 12.7. The second-order valence-corrected chi connectivity index (χ2v) is 9.36. The molecule has 0 fully saturated rings. The number of nitro groups is 1. The molecule has 1 heterocycles. The Morgan fingerprint density at radius 2 is 1.42 bits per heavy atom. The summed E-state index contributed by atoms with van der Waals surface area (Å²) in [7, 11) is 0. The van der Waals surface area contributed by atoms with E-state index in [0.717, 1.165) is 37.7 Å². The predicted molar refractivity (Wildman–Crippen MR) is 154 cm³/mol. The first kappa shape index (κ1) is 24.7. The number of hydrogen-bond acceptors (Lipinski definition) is 6. The van der Waals surface area contributed by atoms with Crippen molar-refractivity contribution >= 4 is 40.5 Å². The fraction of sp³-hybridized carbons (Fsp3) is 0.0323. The molecule has 1 aromatic heterocycles. The zero-order chi connectivity index (χ0) is 26.2. The summed E-state index contributed by atoms with van der Waals surface area (Å²) >= 11 is 1.54. The van der Waals surface area contributed by atoms with Crippen LogP contribution in [0.25, 0.3) is 16.1 Å². The van der Waals surface area contributed by atoms with Gasteiger partial charge in [-0.15, -0.1) is 11.3 Å². The molecule has 4 aromatic carbocycles. The Morgan fingerprint density at radius 1 is 0.842 bits per heavy atom. The third kappa shape index (κ3) is 6.05. The molecule has 38 heavy (non-hydrogen) atoms. The Bertz CT molecular complexity index is 1580. The van der Waals surface area contributed by atoms with Crippen molar-refractivity contribution in [1.29, 1.82) is 0 Å². The summed E-state index contributed by atoms with van der Waals surface area (Å²) in [6, 6.07) is 36.4. The molecular formula is C31H22N4O2S. The van der Waals surface area contributed by atoms with Gasteiger partial charge in [-0.2, -0.15) is 4.99 Å². The molecule has 0 atom stereocenters. The minimum Gasteiger partial charge on any atom is -0.287 e. The Morgan fingerprint density at radius 3 is 2.00 bits per heavy atom. The van der Waals surface area contributed by atoms with E-state index in [-0.39, 0.29) is 5.69 Å². The lowest BCUT2D eigenvalue weighted by atomic mass is 10.00. The molecular weight excluding hydrogens is 492 g/mol. The Labute approximate surface area is 224 Å². The summed E-state index contributed by atoms with van der Waals surface area (Å²) in [6.45, 7) is 0.369. The number of rotatable bonds is 8. The van der Waals surface area contributed by atoms with E-state index in [4.69, 9.17) is 9.98 Å². The highest BCUT2D eigenvalue weighted by atomic mass is 32.1. The van der Waals surface area contributed by atoms with Gasteiger partial charge in [0, 0.05) is 23.9 Å². The summed E-state index contributed by atoms with van der Waals surface area (Å²) in [5, 5.41) is 11.8. The number of benzene rings is 4. The van der Waals surface area contributed by atoms with Crippen LogP contribution in [0.5, 0.6) is 0 Å². The maximum Gasteiger partial charge on any atom is 0.269 e. The van der Waals surface area contributed by atoms with Gasteiger partial charge in [0.25, 0.3) is 5.69 Å². The first-order chi connectivity index (χ1) is 18.7. The zero-order valence-corrected chi connectivity index (χ0v) is 21.1. The van der Waals surface area contributed by atoms with Crippen LogP contribution < -0.4 is 0 Å². The molecule has 0 N–H and O–H groups in total. The normalized spacial score (nSPS) is 10.7. The number of nitrogens with zero attached hydrogens (tertiary/aromatic N) is 4. The monoisotopic (exact) mass is 514 g/mol. The van der Waals surface area contributed by atoms with Crippen LogP contribution in [0.1, 0.15) is 21.6 Å². The smallest absolute Gasteiger partial charge is 0.269 e. The molecule has 0 bridgehead atoms. The summed E-state index contributed by atoms with van der Waals surface area (Å²) in [6.07, 6.45) is 1.70. The van der Waals surface area contributed by atoms with Crippen molar-refractivity contribution in [3.05, 3.63) is 147 Å². The average molecular weight is 515 g/mol. The number of aliphatic imine (C=N–C) groups is 2. The number of aromatic nitrogens is 1. The number of hydrogen-bond donors (Lipinski definition) is 0. The fourth-order valence-corrected chi connectivity index (χ4v) is 4.71. The third-order valence-electron chi connectivity index (χ3n) is 5.68. The molecule has 0 unspecified atom stereocenters. The van der Waals surface area contributed by atoms with Crippen LogP contribution in [0.3, 0.4) is 0 Å². The van der Waals surface area contributed by atoms with Gasteiger partial charge in [0.15, 0.2) is 5.82 Å². The molecule has 0 aliphatic carbocycles. The van der Waals surface area contributed by atoms with Crippen molar-refractivity contribution in [2.45, 2.75) is 6.54 Å². The van der Waals surface area contributed by atoms with Crippen LogP contribution in [-0.4, -0.2) is 22.0 Å². The van der Waals surface area contributed by atoms with Crippen molar-refractivity contribution in [1.82, 2.24) is 4.98 Å². The lowest BCUT2D eigenvalue weighted by Crippen LogP contribution is -1.89. The van der Waals surface area contributed by atoms with Crippen LogP contribution in [0.2, 0.25) is 0 Å². The molecule has 5 aromatic rings. The van der Waals surface area contributed by atoms with E-state index >= 15 is 0 Å². The molecule has 0 saturated carbocycles. The second-order valence-electron chi connectivity index (χ2n) is 8.28. The zero-order valence-electron chi connectivity index (χ0n) is 20.3. The van der Waals surface area contributed by atoms with E-state index in [1.54, 1.807) is 29.7 Å². The van der Waals surface area contributed by atoms with Gasteiger partial charge in [0.1, 0.15) is 5.01 Å². The van der Waals surface area contributed by atoms with Gasteiger partial charge in [-0.25, -0.2) is 4.98 Å². The molecule has 6 nitrogen and oxygen atoms in total. The standard InChI is InChI=1S/C31H22N4O2S/c36-35(37)27-18-16-23(17-19-27)20-32-22-29-30(34-31(38-29)26-14-8-3-9-15-26)33-21-28(24-10-4-1-5-11-24)25-12-6-2-7-13-25/h1-20H,22H2. The highest BCUT2D eigenvalue weighted by molar-refractivity contribution is 7.15. The van der Waals surface area contributed by atoms with Gasteiger partial charge in [-0.05, 0) is 34.7 Å². The lowest BCUT2D eigenvalue weighted by molar-refractivity contribution is -0.384. The van der Waals surface area contributed by atoms with Gasteiger partial charge in [-0.3, -0.25) is 15.1 Å². The molecule has 5 rings (SSSR count). The average Bonchev–Trinajstić information content (AvgIpc) is 3.38. The number of thiazole rings is 1. The van der Waals surface area contributed by atoms with Crippen LogP contribution in [0, 0.1) is 10.1 Å². The summed E-state index contributed by atoms with van der Waals surface area (Å²) in [5.74, 6) is 3.84. The molecule has 184 valence electrons. The predicted octanol–water partition coefficient (Wildman–Crippen LogP) is 7.77. The summed E-state index contributed by atoms with van der Waals surface area (Å²) in [5.41, 5.74) is 4.74. The molecule has 0 radical (unpaired) electrons. The van der Waals surface area contributed by atoms with Crippen molar-refractivity contribution in [3.8, 4) is 10.6 Å². The second kappa shape index (κ2) is 11.8. The van der Waals surface area contributed by atoms with Crippen LogP contribution in [-0.2, 0) is 6.54 Å². The van der Waals surface area contributed by atoms with E-state index in [1.165, 1.54) is 12.1 Å². The van der Waals surface area contributed by atoms with Crippen molar-refractivity contribution in [2.24, 2.45) is 9.98 Å². The fourth-order valence-electron chi connectivity index (χ4n) is 3.77. The highest BCUT2D eigenvalue weighted by Crippen LogP contribution is 2.33. The first-order valence-electron chi connectivity index (χ1n) is 11.9. The Hall–Kier alpha value is -4.97. The summed E-state index contributed by atoms with van der Waals surface area (Å²) in [4.78, 5) is 25.5. The van der Waals surface area contributed by atoms with Gasteiger partial charge in [0.05, 0.1) is 21.9 Å². The molecule has 7 heteroatoms. The largest absolute Gasteiger partial charge is 0.287 e. The van der Waals surface area contributed by atoms with Crippen LogP contribution in [0.15, 0.2) is 125 Å². The quantitative estimate of drug-likeness (QED) is 0.120. The Balaban J connectivity index is 1.52. The van der Waals surface area contributed by atoms with Crippen molar-refractivity contribution < 1.29 is 4.92 Å². The van der Waals surface area contributed by atoms with E-state index in [0.29, 0.717) is 12.4 Å². The minimum absolute atomic E-state index is 0.0492. The molecule has 0 aliphatic rings. The van der Waals surface area contributed by atoms with Crippen molar-refractivity contribution in [3.63, 3.8) is 0 Å². The van der Waals surface area contributed by atoms with E-state index < -0.39 is 4.92 Å². The Kier molecular flexibility index (Phi) is 7.70. The number of nitro benzene ring substituents is 1.